The van der Waals surface area contributed by atoms with Crippen molar-refractivity contribution in [1.29, 1.82) is 0 Å². The van der Waals surface area contributed by atoms with Crippen molar-refractivity contribution in [2.75, 3.05) is 0 Å². The van der Waals surface area contributed by atoms with E-state index in [1.165, 1.54) is 137 Å². The van der Waals surface area contributed by atoms with Crippen LogP contribution in [0.4, 0.5) is 0 Å². The molecule has 0 unspecified atom stereocenters. The van der Waals surface area contributed by atoms with Crippen LogP contribution in [-0.4, -0.2) is 23.9 Å². The number of benzene rings is 5. The predicted molar refractivity (Wildman–Crippen MR) is 279 cm³/mol. The molecular weight excluding hydrogens is 881 g/mol. The summed E-state index contributed by atoms with van der Waals surface area (Å²) in [6.07, 6.45) is 27.9. The number of carbonyl (C=O) groups is 4. The lowest BCUT2D eigenvalue weighted by molar-refractivity contribution is 0.0721. The van der Waals surface area contributed by atoms with E-state index in [0.29, 0.717) is 38.8 Å². The third-order valence-electron chi connectivity index (χ3n) is 12.5. The molecule has 0 radical (unpaired) electrons. The van der Waals surface area contributed by atoms with E-state index in [1.54, 1.807) is 84.9 Å². The number of rotatable bonds is 30. The highest BCUT2D eigenvalue weighted by molar-refractivity contribution is 7.13. The van der Waals surface area contributed by atoms with Crippen molar-refractivity contribution in [2.24, 2.45) is 0 Å². The Kier molecular flexibility index (Phi) is 22.0. The quantitative estimate of drug-likeness (QED) is 0.0250. The molecule has 5 aromatic carbocycles. The topological polar surface area (TPSA) is 105 Å². The van der Waals surface area contributed by atoms with Gasteiger partial charge in [-0.3, -0.25) is 0 Å². The largest absolute Gasteiger partial charge is 0.423 e. The lowest BCUT2D eigenvalue weighted by atomic mass is 10.0. The standard InChI is InChI=1S/C60H70O8S/c1-3-5-7-9-11-13-15-17-19-21-23-45-25-27-47(28-26-45)57(61)65-51-35-31-48(32-36-51)58(62)67-53-39-29-46-30-40-54(44-50(46)43-53)68-59(63)49-33-37-52(38-34-49)66-60(64)56-42-41-55(69-56)24-22-20-18-16-14-12-10-8-6-4-2/h25-44H,3-24H2,1-2H3. The van der Waals surface area contributed by atoms with E-state index < -0.39 is 23.9 Å². The van der Waals surface area contributed by atoms with Crippen LogP contribution in [0, 0.1) is 0 Å². The van der Waals surface area contributed by atoms with Crippen LogP contribution in [0.3, 0.4) is 0 Å². The van der Waals surface area contributed by atoms with E-state index in [4.69, 9.17) is 18.9 Å². The third kappa shape index (κ3) is 18.1. The van der Waals surface area contributed by atoms with Gasteiger partial charge in [-0.15, -0.1) is 11.3 Å². The van der Waals surface area contributed by atoms with Gasteiger partial charge in [0, 0.05) is 4.88 Å². The van der Waals surface area contributed by atoms with Crippen LogP contribution in [0.2, 0.25) is 0 Å². The Bertz CT molecular complexity index is 2500. The van der Waals surface area contributed by atoms with Gasteiger partial charge in [-0.25, -0.2) is 19.2 Å². The molecule has 0 aliphatic carbocycles. The van der Waals surface area contributed by atoms with Crippen LogP contribution in [0.25, 0.3) is 10.8 Å². The fraction of sp³-hybridized carbons (Fsp3) is 0.400. The van der Waals surface area contributed by atoms with Gasteiger partial charge in [0.25, 0.3) is 0 Å². The van der Waals surface area contributed by atoms with Crippen LogP contribution in [0.5, 0.6) is 23.0 Å². The number of hydrogen-bond donors (Lipinski definition) is 0. The first-order valence-electron chi connectivity index (χ1n) is 25.6. The summed E-state index contributed by atoms with van der Waals surface area (Å²) in [5.41, 5.74) is 2.24. The molecule has 8 nitrogen and oxygen atoms in total. The lowest BCUT2D eigenvalue weighted by Gasteiger charge is -2.09. The molecule has 0 N–H and O–H groups in total. The first kappa shape index (κ1) is 52.3. The molecule has 0 bridgehead atoms. The molecule has 0 amide bonds. The summed E-state index contributed by atoms with van der Waals surface area (Å²) in [6.45, 7) is 4.50. The molecule has 6 aromatic rings. The van der Waals surface area contributed by atoms with Crippen molar-refractivity contribution in [2.45, 2.75) is 155 Å². The minimum Gasteiger partial charge on any atom is -0.423 e. The average molecular weight is 951 g/mol. The van der Waals surface area contributed by atoms with E-state index in [9.17, 15) is 19.2 Å². The van der Waals surface area contributed by atoms with E-state index in [2.05, 4.69) is 13.8 Å². The average Bonchev–Trinajstić information content (AvgIpc) is 3.85. The van der Waals surface area contributed by atoms with Crippen molar-refractivity contribution < 1.29 is 38.1 Å². The van der Waals surface area contributed by atoms with Crippen molar-refractivity contribution in [3.8, 4) is 23.0 Å². The Morgan fingerprint density at radius 1 is 0.348 bits per heavy atom. The van der Waals surface area contributed by atoms with Gasteiger partial charge < -0.3 is 18.9 Å². The molecule has 1 aromatic heterocycles. The molecule has 0 spiro atoms. The van der Waals surface area contributed by atoms with Gasteiger partial charge in [0.1, 0.15) is 27.9 Å². The van der Waals surface area contributed by atoms with Crippen molar-refractivity contribution >= 4 is 46.0 Å². The van der Waals surface area contributed by atoms with Crippen LogP contribution in [0.15, 0.2) is 121 Å². The van der Waals surface area contributed by atoms with Crippen molar-refractivity contribution in [1.82, 2.24) is 0 Å². The molecule has 0 saturated heterocycles. The third-order valence-corrected chi connectivity index (χ3v) is 13.6. The molecule has 0 atom stereocenters. The summed E-state index contributed by atoms with van der Waals surface area (Å²) < 4.78 is 22.6. The van der Waals surface area contributed by atoms with E-state index >= 15 is 0 Å². The zero-order valence-electron chi connectivity index (χ0n) is 40.8. The fourth-order valence-corrected chi connectivity index (χ4v) is 9.26. The normalized spacial score (nSPS) is 11.1. The number of aryl methyl sites for hydroxylation is 2. The first-order valence-corrected chi connectivity index (χ1v) is 26.4. The summed E-state index contributed by atoms with van der Waals surface area (Å²) >= 11 is 1.47. The van der Waals surface area contributed by atoms with Crippen molar-refractivity contribution in [3.05, 3.63) is 153 Å². The van der Waals surface area contributed by atoms with Crippen LogP contribution in [-0.2, 0) is 12.8 Å². The molecule has 9 heteroatoms. The fourth-order valence-electron chi connectivity index (χ4n) is 8.34. The highest BCUT2D eigenvalue weighted by Gasteiger charge is 2.16. The van der Waals surface area contributed by atoms with Gasteiger partial charge >= 0.3 is 23.9 Å². The molecule has 6 rings (SSSR count). The van der Waals surface area contributed by atoms with Gasteiger partial charge in [0.2, 0.25) is 0 Å². The maximum Gasteiger partial charge on any atom is 0.353 e. The molecule has 0 fully saturated rings. The number of ether oxygens (including phenoxy) is 4. The maximum atomic E-state index is 13.1. The van der Waals surface area contributed by atoms with Gasteiger partial charge in [-0.05, 0) is 139 Å². The van der Waals surface area contributed by atoms with E-state index in [0.717, 1.165) is 31.1 Å². The number of thiophene rings is 1. The highest BCUT2D eigenvalue weighted by Crippen LogP contribution is 2.28. The second-order valence-electron chi connectivity index (χ2n) is 18.1. The lowest BCUT2D eigenvalue weighted by Crippen LogP contribution is -2.10. The Labute approximate surface area is 413 Å². The van der Waals surface area contributed by atoms with Crippen LogP contribution in [0.1, 0.15) is 193 Å². The van der Waals surface area contributed by atoms with Gasteiger partial charge in [0.05, 0.1) is 16.7 Å². The molecular formula is C60H70O8S. The SMILES string of the molecule is CCCCCCCCCCCCc1ccc(C(=O)Oc2ccc(C(=O)Oc3ccc4ccc(OC(=O)c5ccc(OC(=O)c6ccc(CCCCCCCCCCCC)s6)cc5)cc4c3)cc2)cc1. The summed E-state index contributed by atoms with van der Waals surface area (Å²) in [4.78, 5) is 53.7. The number of hydrogen-bond acceptors (Lipinski definition) is 9. The Morgan fingerprint density at radius 3 is 1.16 bits per heavy atom. The Hall–Kier alpha value is -6.06. The molecule has 69 heavy (non-hydrogen) atoms. The number of unbranched alkanes of at least 4 members (excludes halogenated alkanes) is 18. The van der Waals surface area contributed by atoms with Gasteiger partial charge in [-0.1, -0.05) is 154 Å². The van der Waals surface area contributed by atoms with E-state index in [-0.39, 0.29) is 11.1 Å². The maximum absolute atomic E-state index is 13.1. The molecule has 1 heterocycles. The van der Waals surface area contributed by atoms with Crippen molar-refractivity contribution in [3.63, 3.8) is 0 Å². The molecule has 0 saturated carbocycles. The second-order valence-corrected chi connectivity index (χ2v) is 19.3. The van der Waals surface area contributed by atoms with Crippen LogP contribution >= 0.6 is 11.3 Å². The number of carbonyl (C=O) groups excluding carboxylic acids is 4. The summed E-state index contributed by atoms with van der Waals surface area (Å²) in [7, 11) is 0. The highest BCUT2D eigenvalue weighted by atomic mass is 32.1. The predicted octanol–water partition coefficient (Wildman–Crippen LogP) is 16.7. The smallest absolute Gasteiger partial charge is 0.353 e. The Morgan fingerprint density at radius 2 is 0.710 bits per heavy atom. The van der Waals surface area contributed by atoms with Gasteiger partial charge in [-0.2, -0.15) is 0 Å². The van der Waals surface area contributed by atoms with Crippen LogP contribution < -0.4 is 18.9 Å². The molecule has 0 aliphatic heterocycles. The zero-order chi connectivity index (χ0) is 48.5. The monoisotopic (exact) mass is 950 g/mol. The minimum atomic E-state index is -0.582. The van der Waals surface area contributed by atoms with Gasteiger partial charge in [0.15, 0.2) is 0 Å². The summed E-state index contributed by atoms with van der Waals surface area (Å²) in [5.74, 6) is -0.787. The van der Waals surface area contributed by atoms with E-state index in [1.807, 2.05) is 36.4 Å². The second kappa shape index (κ2) is 29.1. The minimum absolute atomic E-state index is 0.283. The summed E-state index contributed by atoms with van der Waals surface area (Å²) in [6, 6.07) is 34.3. The molecule has 364 valence electrons. The molecule has 0 aliphatic rings. The number of esters is 4. The Balaban J connectivity index is 0.903. The first-order chi connectivity index (χ1) is 33.8. The zero-order valence-corrected chi connectivity index (χ0v) is 41.6. The summed E-state index contributed by atoms with van der Waals surface area (Å²) in [5, 5.41) is 1.55. The number of fused-ring (bicyclic) bond motifs is 1.